The lowest BCUT2D eigenvalue weighted by molar-refractivity contribution is 0.415. The fourth-order valence-electron chi connectivity index (χ4n) is 4.83. The van der Waals surface area contributed by atoms with Crippen LogP contribution in [0.15, 0.2) is 83.8 Å². The molecule has 1 aliphatic carbocycles. The largest absolute Gasteiger partial charge is 0.497 e. The molecular formula is C26H26N2O3S. The lowest BCUT2D eigenvalue weighted by atomic mass is 9.77. The molecule has 0 amide bonds. The number of sulfonamides is 1. The summed E-state index contributed by atoms with van der Waals surface area (Å²) in [6, 6.07) is 21.1. The number of hydrogen-bond acceptors (Lipinski definition) is 4. The molecule has 0 spiro atoms. The molecular weight excluding hydrogens is 420 g/mol. The molecule has 0 aromatic heterocycles. The van der Waals surface area contributed by atoms with Gasteiger partial charge in [0, 0.05) is 17.7 Å². The summed E-state index contributed by atoms with van der Waals surface area (Å²) >= 11 is 0. The van der Waals surface area contributed by atoms with E-state index in [4.69, 9.17) is 4.74 Å². The Balaban J connectivity index is 1.48. The van der Waals surface area contributed by atoms with E-state index >= 15 is 0 Å². The summed E-state index contributed by atoms with van der Waals surface area (Å²) in [6.07, 6.45) is 5.40. The Morgan fingerprint density at radius 3 is 2.69 bits per heavy atom. The highest BCUT2D eigenvalue weighted by Crippen LogP contribution is 2.50. The van der Waals surface area contributed by atoms with E-state index < -0.39 is 10.0 Å². The number of methoxy groups -OCH3 is 1. The summed E-state index contributed by atoms with van der Waals surface area (Å²) in [5.41, 5.74) is 5.00. The second-order valence-corrected chi connectivity index (χ2v) is 10.2. The Morgan fingerprint density at radius 2 is 1.88 bits per heavy atom. The van der Waals surface area contributed by atoms with Crippen LogP contribution in [0.3, 0.4) is 0 Å². The maximum absolute atomic E-state index is 13.1. The molecule has 0 saturated carbocycles. The van der Waals surface area contributed by atoms with Crippen molar-refractivity contribution >= 4 is 21.4 Å². The zero-order valence-electron chi connectivity index (χ0n) is 18.1. The highest BCUT2D eigenvalue weighted by atomic mass is 32.2. The minimum absolute atomic E-state index is 0.184. The van der Waals surface area contributed by atoms with Crippen molar-refractivity contribution in [1.82, 2.24) is 0 Å². The van der Waals surface area contributed by atoms with E-state index in [-0.39, 0.29) is 16.9 Å². The van der Waals surface area contributed by atoms with Crippen LogP contribution in [-0.4, -0.2) is 15.5 Å². The quantitative estimate of drug-likeness (QED) is 0.499. The van der Waals surface area contributed by atoms with E-state index in [1.54, 1.807) is 37.4 Å². The number of nitrogens with one attached hydrogen (secondary N) is 2. The van der Waals surface area contributed by atoms with Crippen LogP contribution >= 0.6 is 0 Å². The first kappa shape index (κ1) is 20.6. The van der Waals surface area contributed by atoms with Gasteiger partial charge in [-0.1, -0.05) is 48.0 Å². The first-order valence-electron chi connectivity index (χ1n) is 10.8. The lowest BCUT2D eigenvalue weighted by Gasteiger charge is -2.37. The molecule has 3 atom stereocenters. The van der Waals surface area contributed by atoms with Gasteiger partial charge in [-0.2, -0.15) is 0 Å². The summed E-state index contributed by atoms with van der Waals surface area (Å²) in [5.74, 6) is 1.14. The van der Waals surface area contributed by atoms with Gasteiger partial charge in [0.25, 0.3) is 10.0 Å². The highest BCUT2D eigenvalue weighted by molar-refractivity contribution is 7.92. The van der Waals surface area contributed by atoms with Crippen LogP contribution in [0.1, 0.15) is 35.1 Å². The molecule has 0 saturated heterocycles. The van der Waals surface area contributed by atoms with Crippen LogP contribution in [0, 0.1) is 12.8 Å². The van der Waals surface area contributed by atoms with Gasteiger partial charge in [0.05, 0.1) is 23.7 Å². The molecule has 2 aliphatic rings. The maximum atomic E-state index is 13.1. The molecule has 1 heterocycles. The van der Waals surface area contributed by atoms with E-state index in [9.17, 15) is 8.42 Å². The minimum atomic E-state index is -3.73. The van der Waals surface area contributed by atoms with Crippen LogP contribution in [0.25, 0.3) is 0 Å². The topological polar surface area (TPSA) is 67.4 Å². The predicted octanol–water partition coefficient (Wildman–Crippen LogP) is 5.63. The molecule has 5 nitrogen and oxygen atoms in total. The van der Waals surface area contributed by atoms with E-state index in [0.717, 1.165) is 17.7 Å². The molecule has 0 unspecified atom stereocenters. The molecule has 5 rings (SSSR count). The molecule has 1 aliphatic heterocycles. The zero-order chi connectivity index (χ0) is 22.3. The molecule has 164 valence electrons. The first-order chi connectivity index (χ1) is 15.4. The van der Waals surface area contributed by atoms with Crippen molar-refractivity contribution in [3.63, 3.8) is 0 Å². The van der Waals surface area contributed by atoms with Gasteiger partial charge in [0.2, 0.25) is 0 Å². The Morgan fingerprint density at radius 1 is 1.03 bits per heavy atom. The maximum Gasteiger partial charge on any atom is 0.261 e. The summed E-state index contributed by atoms with van der Waals surface area (Å²) in [5, 5.41) is 3.68. The SMILES string of the molecule is COc1cccc(NS(=O)(=O)c2ccc3c(c2)[C@@H]2C=CC[C@H]2[C@H](c2cccc(C)c2)N3)c1. The first-order valence-corrected chi connectivity index (χ1v) is 12.2. The summed E-state index contributed by atoms with van der Waals surface area (Å²) in [6.45, 7) is 2.11. The smallest absolute Gasteiger partial charge is 0.261 e. The monoisotopic (exact) mass is 446 g/mol. The Labute approximate surface area is 189 Å². The number of benzene rings is 3. The Kier molecular flexibility index (Phi) is 5.18. The van der Waals surface area contributed by atoms with Gasteiger partial charge >= 0.3 is 0 Å². The number of fused-ring (bicyclic) bond motifs is 3. The van der Waals surface area contributed by atoms with E-state index in [0.29, 0.717) is 17.4 Å². The van der Waals surface area contributed by atoms with Gasteiger partial charge < -0.3 is 10.1 Å². The van der Waals surface area contributed by atoms with Crippen LogP contribution in [-0.2, 0) is 10.0 Å². The molecule has 0 bridgehead atoms. The Hall–Kier alpha value is -3.25. The molecule has 6 heteroatoms. The van der Waals surface area contributed by atoms with Gasteiger partial charge in [-0.05, 0) is 60.7 Å². The van der Waals surface area contributed by atoms with E-state index in [1.165, 1.54) is 11.1 Å². The number of allylic oxidation sites excluding steroid dienone is 2. The number of aryl methyl sites for hydroxylation is 1. The third-order valence-corrected chi connectivity index (χ3v) is 7.75. The Bertz CT molecular complexity index is 1300. The van der Waals surface area contributed by atoms with Crippen LogP contribution in [0.4, 0.5) is 11.4 Å². The summed E-state index contributed by atoms with van der Waals surface area (Å²) < 4.78 is 34.1. The van der Waals surface area contributed by atoms with Gasteiger partial charge in [0.1, 0.15) is 5.75 Å². The van der Waals surface area contributed by atoms with Crippen molar-refractivity contribution in [3.05, 3.63) is 95.6 Å². The van der Waals surface area contributed by atoms with Crippen molar-refractivity contribution in [3.8, 4) is 5.75 Å². The van der Waals surface area contributed by atoms with Crippen molar-refractivity contribution in [2.24, 2.45) is 5.92 Å². The van der Waals surface area contributed by atoms with Crippen LogP contribution in [0.2, 0.25) is 0 Å². The standard InChI is InChI=1S/C26H26N2O3S/c1-17-6-3-7-18(14-17)26-23-11-5-10-22(23)24-16-21(12-13-25(24)27-26)32(29,30)28-19-8-4-9-20(15-19)31-2/h3-10,12-16,22-23,26-28H,11H2,1-2H3/t22-,23-,26+/m1/s1. The number of anilines is 2. The fraction of sp³-hybridized carbons (Fsp3) is 0.231. The number of rotatable bonds is 5. The van der Waals surface area contributed by atoms with Gasteiger partial charge in [-0.3, -0.25) is 4.72 Å². The molecule has 2 N–H and O–H groups in total. The summed E-state index contributed by atoms with van der Waals surface area (Å²) in [7, 11) is -2.17. The predicted molar refractivity (Wildman–Crippen MR) is 128 cm³/mol. The third kappa shape index (κ3) is 3.75. The average Bonchev–Trinajstić information content (AvgIpc) is 3.28. The normalized spacial score (nSPS) is 21.4. The van der Waals surface area contributed by atoms with Crippen LogP contribution in [0.5, 0.6) is 5.75 Å². The summed E-state index contributed by atoms with van der Waals surface area (Å²) in [4.78, 5) is 0.258. The van der Waals surface area contributed by atoms with Crippen molar-refractivity contribution in [2.45, 2.75) is 30.2 Å². The molecule has 3 aromatic rings. The third-order valence-electron chi connectivity index (χ3n) is 6.37. The van der Waals surface area contributed by atoms with E-state index in [2.05, 4.69) is 53.4 Å². The number of ether oxygens (including phenoxy) is 1. The van der Waals surface area contributed by atoms with Crippen molar-refractivity contribution in [2.75, 3.05) is 17.1 Å². The molecule has 3 aromatic carbocycles. The van der Waals surface area contributed by atoms with Gasteiger partial charge in [-0.25, -0.2) is 8.42 Å². The van der Waals surface area contributed by atoms with Crippen LogP contribution < -0.4 is 14.8 Å². The highest BCUT2D eigenvalue weighted by Gasteiger charge is 2.38. The molecule has 0 fully saturated rings. The zero-order valence-corrected chi connectivity index (χ0v) is 18.9. The van der Waals surface area contributed by atoms with Gasteiger partial charge in [-0.15, -0.1) is 0 Å². The van der Waals surface area contributed by atoms with E-state index in [1.807, 2.05) is 12.1 Å². The fourth-order valence-corrected chi connectivity index (χ4v) is 5.92. The van der Waals surface area contributed by atoms with Gasteiger partial charge in [0.15, 0.2) is 0 Å². The molecule has 0 radical (unpaired) electrons. The average molecular weight is 447 g/mol. The van der Waals surface area contributed by atoms with Crippen molar-refractivity contribution < 1.29 is 13.2 Å². The lowest BCUT2D eigenvalue weighted by Crippen LogP contribution is -2.29. The number of hydrogen-bond donors (Lipinski definition) is 2. The van der Waals surface area contributed by atoms with Crippen molar-refractivity contribution in [1.29, 1.82) is 0 Å². The minimum Gasteiger partial charge on any atom is -0.497 e. The second-order valence-electron chi connectivity index (χ2n) is 8.48. The molecule has 32 heavy (non-hydrogen) atoms. The second kappa shape index (κ2) is 8.02.